The molecule has 1 aliphatic rings. The van der Waals surface area contributed by atoms with E-state index >= 15 is 0 Å². The van der Waals surface area contributed by atoms with E-state index in [1.807, 2.05) is 6.92 Å². The van der Waals surface area contributed by atoms with Gasteiger partial charge in [0.05, 0.1) is 0 Å². The quantitative estimate of drug-likeness (QED) is 0.720. The monoisotopic (exact) mass is 268 g/mol. The van der Waals surface area contributed by atoms with Gasteiger partial charge in [0.2, 0.25) is 11.5 Å². The highest BCUT2D eigenvalue weighted by molar-refractivity contribution is 5.96. The number of hydrogen-bond acceptors (Lipinski definition) is 6. The molecule has 0 radical (unpaired) electrons. The zero-order valence-corrected chi connectivity index (χ0v) is 10.6. The van der Waals surface area contributed by atoms with Gasteiger partial charge in [0, 0.05) is 32.7 Å². The third kappa shape index (κ3) is 2.75. The average Bonchev–Trinajstić information content (AvgIpc) is 2.84. The first kappa shape index (κ1) is 13.1. The van der Waals surface area contributed by atoms with Crippen molar-refractivity contribution in [3.8, 4) is 0 Å². The van der Waals surface area contributed by atoms with Gasteiger partial charge in [-0.15, -0.1) is 0 Å². The van der Waals surface area contributed by atoms with Gasteiger partial charge in [-0.3, -0.25) is 4.79 Å². The average molecular weight is 268 g/mol. The van der Waals surface area contributed by atoms with E-state index in [4.69, 9.17) is 5.73 Å². The molecular weight excluding hydrogens is 252 g/mol. The molecule has 1 aromatic rings. The molecule has 0 aliphatic carbocycles. The molecule has 2 rings (SSSR count). The van der Waals surface area contributed by atoms with Gasteiger partial charge in [-0.25, -0.2) is 9.42 Å². The molecule has 3 amide bonds. The molecule has 0 aromatic carbocycles. The zero-order valence-electron chi connectivity index (χ0n) is 10.6. The second-order valence-corrected chi connectivity index (χ2v) is 4.11. The minimum atomic E-state index is -0.325. The number of amides is 3. The Morgan fingerprint density at radius 2 is 1.89 bits per heavy atom. The van der Waals surface area contributed by atoms with Crippen molar-refractivity contribution in [2.75, 3.05) is 38.5 Å². The number of nitrogens with two attached hydrogens (primary N) is 1. The van der Waals surface area contributed by atoms with Gasteiger partial charge in [-0.2, -0.15) is 0 Å². The maximum Gasteiger partial charge on any atom is 0.317 e. The van der Waals surface area contributed by atoms with Gasteiger partial charge < -0.3 is 20.9 Å². The van der Waals surface area contributed by atoms with Crippen LogP contribution < -0.4 is 11.1 Å². The summed E-state index contributed by atoms with van der Waals surface area (Å²) in [5.74, 6) is -0.342. The number of rotatable bonds is 2. The van der Waals surface area contributed by atoms with Crippen molar-refractivity contribution in [2.45, 2.75) is 6.92 Å². The number of aromatic nitrogens is 2. The van der Waals surface area contributed by atoms with Crippen LogP contribution in [-0.2, 0) is 0 Å². The summed E-state index contributed by atoms with van der Waals surface area (Å²) >= 11 is 0. The van der Waals surface area contributed by atoms with Crippen LogP contribution >= 0.6 is 0 Å². The molecule has 0 spiro atoms. The Balaban J connectivity index is 1.92. The summed E-state index contributed by atoms with van der Waals surface area (Å²) in [6, 6.07) is -0.114. The second-order valence-electron chi connectivity index (χ2n) is 4.11. The SMILES string of the molecule is CCNC(=O)N1CCN(C(=O)c2nonc2N)CC1. The van der Waals surface area contributed by atoms with Crippen molar-refractivity contribution in [3.05, 3.63) is 5.69 Å². The molecule has 0 saturated carbocycles. The molecule has 19 heavy (non-hydrogen) atoms. The van der Waals surface area contributed by atoms with Crippen LogP contribution in [0.4, 0.5) is 10.6 Å². The first-order valence-electron chi connectivity index (χ1n) is 6.03. The zero-order chi connectivity index (χ0) is 13.8. The van der Waals surface area contributed by atoms with Crippen molar-refractivity contribution in [1.29, 1.82) is 0 Å². The number of carbonyl (C=O) groups excluding carboxylic acids is 2. The van der Waals surface area contributed by atoms with Crippen LogP contribution in [0.15, 0.2) is 4.63 Å². The predicted octanol–water partition coefficient (Wildman–Crippen LogP) is -0.861. The fourth-order valence-electron chi connectivity index (χ4n) is 1.87. The maximum atomic E-state index is 12.0. The van der Waals surface area contributed by atoms with Crippen molar-refractivity contribution < 1.29 is 14.2 Å². The fourth-order valence-corrected chi connectivity index (χ4v) is 1.87. The largest absolute Gasteiger partial charge is 0.379 e. The third-order valence-electron chi connectivity index (χ3n) is 2.90. The highest BCUT2D eigenvalue weighted by Crippen LogP contribution is 2.11. The van der Waals surface area contributed by atoms with Crippen LogP contribution in [0.3, 0.4) is 0 Å². The smallest absolute Gasteiger partial charge is 0.317 e. The molecule has 104 valence electrons. The van der Waals surface area contributed by atoms with E-state index in [0.717, 1.165) is 0 Å². The van der Waals surface area contributed by atoms with Crippen molar-refractivity contribution in [3.63, 3.8) is 0 Å². The Kier molecular flexibility index (Phi) is 3.83. The van der Waals surface area contributed by atoms with Crippen LogP contribution in [0, 0.1) is 0 Å². The van der Waals surface area contributed by atoms with Gasteiger partial charge in [0.25, 0.3) is 5.91 Å². The number of piperazine rings is 1. The minimum absolute atomic E-state index is 0.0174. The van der Waals surface area contributed by atoms with Gasteiger partial charge in [0.15, 0.2) is 0 Å². The highest BCUT2D eigenvalue weighted by Gasteiger charge is 2.27. The molecule has 1 aromatic heterocycles. The number of nitrogen functional groups attached to an aromatic ring is 1. The number of hydrogen-bond donors (Lipinski definition) is 2. The van der Waals surface area contributed by atoms with E-state index in [1.165, 1.54) is 0 Å². The van der Waals surface area contributed by atoms with E-state index in [1.54, 1.807) is 9.80 Å². The van der Waals surface area contributed by atoms with E-state index in [-0.39, 0.29) is 23.5 Å². The van der Waals surface area contributed by atoms with Crippen LogP contribution in [0.5, 0.6) is 0 Å². The summed E-state index contributed by atoms with van der Waals surface area (Å²) in [4.78, 5) is 26.9. The summed E-state index contributed by atoms with van der Waals surface area (Å²) in [7, 11) is 0. The molecule has 3 N–H and O–H groups in total. The molecule has 1 fully saturated rings. The topological polar surface area (TPSA) is 118 Å². The Hall–Kier alpha value is -2.32. The lowest BCUT2D eigenvalue weighted by atomic mass is 10.3. The number of anilines is 1. The molecule has 0 atom stereocenters. The molecule has 9 nitrogen and oxygen atoms in total. The van der Waals surface area contributed by atoms with E-state index in [9.17, 15) is 9.59 Å². The lowest BCUT2D eigenvalue weighted by molar-refractivity contribution is 0.0655. The minimum Gasteiger partial charge on any atom is -0.379 e. The Bertz CT molecular complexity index is 466. The number of nitrogens with zero attached hydrogens (tertiary/aromatic N) is 4. The van der Waals surface area contributed by atoms with Gasteiger partial charge in [-0.05, 0) is 17.2 Å². The van der Waals surface area contributed by atoms with Crippen LogP contribution in [-0.4, -0.2) is 64.8 Å². The molecule has 2 heterocycles. The first-order valence-corrected chi connectivity index (χ1v) is 6.03. The maximum absolute atomic E-state index is 12.0. The Morgan fingerprint density at radius 1 is 1.26 bits per heavy atom. The summed E-state index contributed by atoms with van der Waals surface area (Å²) in [6.45, 7) is 4.26. The Morgan fingerprint density at radius 3 is 2.42 bits per heavy atom. The predicted molar refractivity (Wildman–Crippen MR) is 65.3 cm³/mol. The van der Waals surface area contributed by atoms with Crippen molar-refractivity contribution >= 4 is 17.8 Å². The summed E-state index contributed by atoms with van der Waals surface area (Å²) in [5.41, 5.74) is 5.49. The van der Waals surface area contributed by atoms with Crippen LogP contribution in [0.2, 0.25) is 0 Å². The van der Waals surface area contributed by atoms with Crippen LogP contribution in [0.1, 0.15) is 17.4 Å². The molecule has 1 saturated heterocycles. The molecule has 0 unspecified atom stereocenters. The van der Waals surface area contributed by atoms with E-state index in [2.05, 4.69) is 20.3 Å². The number of carbonyl (C=O) groups is 2. The normalized spacial score (nSPS) is 15.4. The van der Waals surface area contributed by atoms with Crippen molar-refractivity contribution in [2.24, 2.45) is 0 Å². The first-order chi connectivity index (χ1) is 9.13. The number of nitrogens with one attached hydrogen (secondary N) is 1. The summed E-state index contributed by atoms with van der Waals surface area (Å²) in [6.07, 6.45) is 0. The van der Waals surface area contributed by atoms with E-state index in [0.29, 0.717) is 32.7 Å². The second kappa shape index (κ2) is 5.55. The van der Waals surface area contributed by atoms with E-state index < -0.39 is 0 Å². The van der Waals surface area contributed by atoms with Gasteiger partial charge in [0.1, 0.15) is 0 Å². The highest BCUT2D eigenvalue weighted by atomic mass is 16.6. The van der Waals surface area contributed by atoms with Crippen molar-refractivity contribution in [1.82, 2.24) is 25.4 Å². The number of urea groups is 1. The van der Waals surface area contributed by atoms with Gasteiger partial charge >= 0.3 is 6.03 Å². The standard InChI is InChI=1S/C10H16N6O3/c1-2-12-10(18)16-5-3-15(4-6-16)9(17)7-8(11)14-19-13-7/h2-6H2,1H3,(H2,11,14)(H,12,18). The Labute approximate surface area is 109 Å². The lowest BCUT2D eigenvalue weighted by Gasteiger charge is -2.34. The van der Waals surface area contributed by atoms with Crippen LogP contribution in [0.25, 0.3) is 0 Å². The molecule has 9 heteroatoms. The lowest BCUT2D eigenvalue weighted by Crippen LogP contribution is -2.53. The fraction of sp³-hybridized carbons (Fsp3) is 0.600. The van der Waals surface area contributed by atoms with Gasteiger partial charge in [-0.1, -0.05) is 0 Å². The third-order valence-corrected chi connectivity index (χ3v) is 2.90. The molecule has 0 bridgehead atoms. The summed E-state index contributed by atoms with van der Waals surface area (Å²) in [5, 5.41) is 9.57. The molecule has 1 aliphatic heterocycles. The molecular formula is C10H16N6O3. The summed E-state index contributed by atoms with van der Waals surface area (Å²) < 4.78 is 4.40.